The highest BCUT2D eigenvalue weighted by atomic mass is 16.5. The molecule has 0 bridgehead atoms. The molecular weight excluding hydrogens is 342 g/mol. The number of hydrogen-bond donors (Lipinski definition) is 1. The molecule has 6 nitrogen and oxygen atoms in total. The van der Waals surface area contributed by atoms with Crippen molar-refractivity contribution in [1.82, 2.24) is 15.1 Å². The zero-order valence-electron chi connectivity index (χ0n) is 17.0. The summed E-state index contributed by atoms with van der Waals surface area (Å²) in [4.78, 5) is 28.3. The van der Waals surface area contributed by atoms with Crippen LogP contribution >= 0.6 is 0 Å². The van der Waals surface area contributed by atoms with E-state index in [1.54, 1.807) is 4.90 Å². The Balaban J connectivity index is 1.83. The van der Waals surface area contributed by atoms with Crippen LogP contribution in [0.15, 0.2) is 24.3 Å². The molecule has 0 unspecified atom stereocenters. The lowest BCUT2D eigenvalue weighted by Crippen LogP contribution is -2.53. The van der Waals surface area contributed by atoms with Crippen LogP contribution in [0.2, 0.25) is 0 Å². The number of carbonyl (C=O) groups is 2. The second kappa shape index (κ2) is 10.2. The SMILES string of the molecule is CC[C@@H](C)Oc1ccccc1CNC(=O)N1CCN(C(=O)CC(C)C)CC1. The summed E-state index contributed by atoms with van der Waals surface area (Å²) in [6, 6.07) is 7.71. The molecule has 0 saturated carbocycles. The summed E-state index contributed by atoms with van der Waals surface area (Å²) in [5, 5.41) is 2.98. The molecule has 1 aliphatic heterocycles. The molecule has 1 heterocycles. The van der Waals surface area contributed by atoms with E-state index in [1.165, 1.54) is 0 Å². The molecule has 1 aliphatic rings. The zero-order chi connectivity index (χ0) is 19.8. The van der Waals surface area contributed by atoms with Crippen LogP contribution in [0.3, 0.4) is 0 Å². The Morgan fingerprint density at radius 1 is 1.07 bits per heavy atom. The molecule has 1 aromatic carbocycles. The summed E-state index contributed by atoms with van der Waals surface area (Å²) in [7, 11) is 0. The summed E-state index contributed by atoms with van der Waals surface area (Å²) < 4.78 is 5.94. The van der Waals surface area contributed by atoms with Gasteiger partial charge in [-0.25, -0.2) is 4.79 Å². The highest BCUT2D eigenvalue weighted by molar-refractivity contribution is 5.77. The number of amides is 3. The second-order valence-corrected chi connectivity index (χ2v) is 7.57. The fraction of sp³-hybridized carbons (Fsp3) is 0.619. The Labute approximate surface area is 162 Å². The van der Waals surface area contributed by atoms with E-state index in [2.05, 4.69) is 12.2 Å². The number of ether oxygens (including phenoxy) is 1. The van der Waals surface area contributed by atoms with Crippen LogP contribution in [-0.2, 0) is 11.3 Å². The number of para-hydroxylation sites is 1. The first-order valence-corrected chi connectivity index (χ1v) is 9.95. The maximum atomic E-state index is 12.5. The molecule has 27 heavy (non-hydrogen) atoms. The van der Waals surface area contributed by atoms with Gasteiger partial charge in [-0.3, -0.25) is 4.79 Å². The summed E-state index contributed by atoms with van der Waals surface area (Å²) in [5.74, 6) is 1.36. The summed E-state index contributed by atoms with van der Waals surface area (Å²) in [6.45, 7) is 11.0. The predicted molar refractivity (Wildman–Crippen MR) is 107 cm³/mol. The molecule has 3 amide bonds. The Bertz CT molecular complexity index is 625. The third-order valence-corrected chi connectivity index (χ3v) is 4.81. The molecule has 1 atom stereocenters. The number of hydrogen-bond acceptors (Lipinski definition) is 3. The van der Waals surface area contributed by atoms with E-state index in [9.17, 15) is 9.59 Å². The number of urea groups is 1. The van der Waals surface area contributed by atoms with Gasteiger partial charge in [0.1, 0.15) is 5.75 Å². The Hall–Kier alpha value is -2.24. The molecule has 150 valence electrons. The lowest BCUT2D eigenvalue weighted by Gasteiger charge is -2.35. The summed E-state index contributed by atoms with van der Waals surface area (Å²) in [6.07, 6.45) is 1.64. The van der Waals surface area contributed by atoms with Gasteiger partial charge in [0.2, 0.25) is 5.91 Å². The van der Waals surface area contributed by atoms with Gasteiger partial charge in [0, 0.05) is 44.7 Å². The fourth-order valence-electron chi connectivity index (χ4n) is 2.98. The smallest absolute Gasteiger partial charge is 0.317 e. The van der Waals surface area contributed by atoms with Gasteiger partial charge in [0.25, 0.3) is 0 Å². The minimum Gasteiger partial charge on any atom is -0.490 e. The molecule has 0 aliphatic carbocycles. The molecule has 1 fully saturated rings. The minimum atomic E-state index is -0.0932. The number of piperazine rings is 1. The molecule has 2 rings (SSSR count). The first kappa shape index (κ1) is 21.1. The normalized spacial score (nSPS) is 15.6. The van der Waals surface area contributed by atoms with Crippen molar-refractivity contribution in [2.45, 2.75) is 53.2 Å². The van der Waals surface area contributed by atoms with Crippen molar-refractivity contribution in [2.75, 3.05) is 26.2 Å². The van der Waals surface area contributed by atoms with Gasteiger partial charge in [-0.1, -0.05) is 39.0 Å². The van der Waals surface area contributed by atoms with Crippen molar-refractivity contribution in [3.05, 3.63) is 29.8 Å². The number of carbonyl (C=O) groups excluding carboxylic acids is 2. The second-order valence-electron chi connectivity index (χ2n) is 7.57. The van der Waals surface area contributed by atoms with Crippen molar-refractivity contribution < 1.29 is 14.3 Å². The lowest BCUT2D eigenvalue weighted by molar-refractivity contribution is -0.133. The topological polar surface area (TPSA) is 61.9 Å². The van der Waals surface area contributed by atoms with Gasteiger partial charge in [-0.05, 0) is 25.3 Å². The van der Waals surface area contributed by atoms with Crippen LogP contribution in [0, 0.1) is 5.92 Å². The van der Waals surface area contributed by atoms with Crippen LogP contribution in [0.4, 0.5) is 4.79 Å². The van der Waals surface area contributed by atoms with Crippen molar-refractivity contribution in [1.29, 1.82) is 0 Å². The van der Waals surface area contributed by atoms with Crippen molar-refractivity contribution in [3.63, 3.8) is 0 Å². The fourth-order valence-corrected chi connectivity index (χ4v) is 2.98. The van der Waals surface area contributed by atoms with Crippen LogP contribution in [0.25, 0.3) is 0 Å². The van der Waals surface area contributed by atoms with Crippen LogP contribution < -0.4 is 10.1 Å². The number of benzene rings is 1. The maximum absolute atomic E-state index is 12.5. The van der Waals surface area contributed by atoms with Crippen molar-refractivity contribution >= 4 is 11.9 Å². The first-order chi connectivity index (χ1) is 12.9. The predicted octanol–water partition coefficient (Wildman–Crippen LogP) is 3.26. The van der Waals surface area contributed by atoms with E-state index >= 15 is 0 Å². The minimum absolute atomic E-state index is 0.0932. The monoisotopic (exact) mass is 375 g/mol. The number of nitrogens with zero attached hydrogens (tertiary/aromatic N) is 2. The standard InChI is InChI=1S/C21H33N3O3/c1-5-17(4)27-19-9-7-6-8-18(19)15-22-21(26)24-12-10-23(11-13-24)20(25)14-16(2)3/h6-9,16-17H,5,10-15H2,1-4H3,(H,22,26)/t17-/m1/s1. The van der Waals surface area contributed by atoms with Gasteiger partial charge in [-0.15, -0.1) is 0 Å². The summed E-state index contributed by atoms with van der Waals surface area (Å²) >= 11 is 0. The molecule has 0 spiro atoms. The van der Waals surface area contributed by atoms with Gasteiger partial charge < -0.3 is 19.9 Å². The highest BCUT2D eigenvalue weighted by Gasteiger charge is 2.24. The molecule has 1 saturated heterocycles. The molecular formula is C21H33N3O3. The first-order valence-electron chi connectivity index (χ1n) is 9.95. The van der Waals surface area contributed by atoms with Crippen molar-refractivity contribution in [2.24, 2.45) is 5.92 Å². The molecule has 0 aromatic heterocycles. The molecule has 1 N–H and O–H groups in total. The maximum Gasteiger partial charge on any atom is 0.317 e. The Morgan fingerprint density at radius 2 is 1.70 bits per heavy atom. The quantitative estimate of drug-likeness (QED) is 0.796. The van der Waals surface area contributed by atoms with Gasteiger partial charge in [0.05, 0.1) is 6.10 Å². The number of rotatable bonds is 7. The van der Waals surface area contributed by atoms with E-state index in [-0.39, 0.29) is 18.0 Å². The van der Waals surface area contributed by atoms with E-state index in [4.69, 9.17) is 4.74 Å². The third kappa shape index (κ3) is 6.45. The molecule has 1 aromatic rings. The highest BCUT2D eigenvalue weighted by Crippen LogP contribution is 2.20. The Morgan fingerprint density at radius 3 is 2.33 bits per heavy atom. The van der Waals surface area contributed by atoms with E-state index < -0.39 is 0 Å². The molecule has 6 heteroatoms. The average Bonchev–Trinajstić information content (AvgIpc) is 2.66. The third-order valence-electron chi connectivity index (χ3n) is 4.81. The zero-order valence-corrected chi connectivity index (χ0v) is 17.0. The largest absolute Gasteiger partial charge is 0.490 e. The molecule has 0 radical (unpaired) electrons. The van der Waals surface area contributed by atoms with Gasteiger partial charge in [-0.2, -0.15) is 0 Å². The number of nitrogens with one attached hydrogen (secondary N) is 1. The Kier molecular flexibility index (Phi) is 7.95. The van der Waals surface area contributed by atoms with Crippen molar-refractivity contribution in [3.8, 4) is 5.75 Å². The average molecular weight is 376 g/mol. The van der Waals surface area contributed by atoms with Crippen LogP contribution in [0.5, 0.6) is 5.75 Å². The van der Waals surface area contributed by atoms with Gasteiger partial charge >= 0.3 is 6.03 Å². The lowest BCUT2D eigenvalue weighted by atomic mass is 10.1. The van der Waals surface area contributed by atoms with Gasteiger partial charge in [0.15, 0.2) is 0 Å². The van der Waals surface area contributed by atoms with E-state index in [1.807, 2.05) is 49.9 Å². The summed E-state index contributed by atoms with van der Waals surface area (Å²) in [5.41, 5.74) is 0.969. The van der Waals surface area contributed by atoms with Crippen LogP contribution in [0.1, 0.15) is 46.1 Å². The van der Waals surface area contributed by atoms with Crippen LogP contribution in [-0.4, -0.2) is 54.0 Å². The van der Waals surface area contributed by atoms with E-state index in [0.717, 1.165) is 17.7 Å². The van der Waals surface area contributed by atoms with E-state index in [0.29, 0.717) is 45.1 Å².